The Morgan fingerprint density at radius 3 is 2.79 bits per heavy atom. The zero-order chi connectivity index (χ0) is 10.7. The molecule has 4 heteroatoms. The minimum atomic E-state index is -0.554. The maximum Gasteiger partial charge on any atom is 0.152 e. The van der Waals surface area contributed by atoms with Gasteiger partial charge in [0.1, 0.15) is 5.38 Å². The van der Waals surface area contributed by atoms with Crippen LogP contribution in [-0.4, -0.2) is 5.78 Å². The second-order valence-corrected chi connectivity index (χ2v) is 4.47. The van der Waals surface area contributed by atoms with Crippen molar-refractivity contribution >= 4 is 45.9 Å². The van der Waals surface area contributed by atoms with Gasteiger partial charge in [-0.05, 0) is 24.1 Å². The van der Waals surface area contributed by atoms with Crippen LogP contribution >= 0.6 is 40.2 Å². The van der Waals surface area contributed by atoms with Gasteiger partial charge in [0, 0.05) is 10.2 Å². The summed E-state index contributed by atoms with van der Waals surface area (Å²) < 4.78 is 0. The van der Waals surface area contributed by atoms with Gasteiger partial charge in [0.05, 0.1) is 0 Å². The molecule has 1 aromatic rings. The quantitative estimate of drug-likeness (QED) is 0.663. The summed E-state index contributed by atoms with van der Waals surface area (Å²) in [5, 5.41) is 0.156. The summed E-state index contributed by atoms with van der Waals surface area (Å²) in [7, 11) is 0. The van der Waals surface area contributed by atoms with Crippen LogP contribution in [0.25, 0.3) is 0 Å². The van der Waals surface area contributed by atoms with Crippen molar-refractivity contribution in [2.24, 2.45) is 0 Å². The van der Waals surface area contributed by atoms with Gasteiger partial charge in [-0.25, -0.2) is 0 Å². The minimum absolute atomic E-state index is 0.0425. The maximum absolute atomic E-state index is 11.1. The van der Waals surface area contributed by atoms with Gasteiger partial charge in [-0.1, -0.05) is 28.1 Å². The number of ketones is 1. The molecule has 14 heavy (non-hydrogen) atoms. The van der Waals surface area contributed by atoms with Crippen molar-refractivity contribution in [3.63, 3.8) is 0 Å². The molecule has 1 unspecified atom stereocenters. The smallest absolute Gasteiger partial charge is 0.152 e. The minimum Gasteiger partial charge on any atom is -0.298 e. The van der Waals surface area contributed by atoms with E-state index in [9.17, 15) is 4.79 Å². The molecule has 0 radical (unpaired) electrons. The van der Waals surface area contributed by atoms with E-state index in [2.05, 4.69) is 28.6 Å². The largest absolute Gasteiger partial charge is 0.298 e. The molecule has 0 spiro atoms. The van der Waals surface area contributed by atoms with Crippen molar-refractivity contribution in [3.05, 3.63) is 29.3 Å². The third kappa shape index (κ3) is 2.75. The predicted molar refractivity (Wildman–Crippen MR) is 65.6 cm³/mol. The SMILES string of the molecule is CC(=O)C(Cl)c1ccc(S)c(CBr)c1. The first-order valence-corrected chi connectivity index (χ1v) is 6.09. The lowest BCUT2D eigenvalue weighted by molar-refractivity contribution is -0.116. The summed E-state index contributed by atoms with van der Waals surface area (Å²) in [6, 6.07) is 5.58. The molecule has 0 aliphatic carbocycles. The Labute approximate surface area is 102 Å². The Bertz CT molecular complexity index is 354. The Hall–Kier alpha value is 0.01000. The van der Waals surface area contributed by atoms with Crippen LogP contribution in [0, 0.1) is 0 Å². The summed E-state index contributed by atoms with van der Waals surface area (Å²) >= 11 is 13.6. The summed E-state index contributed by atoms with van der Waals surface area (Å²) in [5.74, 6) is -0.0425. The highest BCUT2D eigenvalue weighted by Gasteiger charge is 2.13. The van der Waals surface area contributed by atoms with Gasteiger partial charge < -0.3 is 0 Å². The van der Waals surface area contributed by atoms with E-state index in [4.69, 9.17) is 11.6 Å². The van der Waals surface area contributed by atoms with Crippen molar-refractivity contribution in [2.75, 3.05) is 0 Å². The Balaban J connectivity index is 3.06. The summed E-state index contributed by atoms with van der Waals surface area (Å²) in [5.41, 5.74) is 1.86. The van der Waals surface area contributed by atoms with E-state index in [0.29, 0.717) is 5.33 Å². The van der Waals surface area contributed by atoms with Crippen LogP contribution in [0.2, 0.25) is 0 Å². The number of benzene rings is 1. The zero-order valence-corrected chi connectivity index (χ0v) is 10.9. The molecule has 1 nitrogen and oxygen atoms in total. The van der Waals surface area contributed by atoms with Crippen LogP contribution in [-0.2, 0) is 10.1 Å². The average molecular weight is 294 g/mol. The predicted octanol–water partition coefficient (Wildman–Crippen LogP) is 3.74. The molecule has 0 aliphatic heterocycles. The number of Topliss-reactive ketones (excluding diaryl/α,β-unsaturated/α-hetero) is 1. The van der Waals surface area contributed by atoms with Crippen LogP contribution < -0.4 is 0 Å². The summed E-state index contributed by atoms with van der Waals surface area (Å²) in [6.07, 6.45) is 0. The second kappa shape index (κ2) is 5.19. The van der Waals surface area contributed by atoms with Gasteiger partial charge in [0.25, 0.3) is 0 Å². The van der Waals surface area contributed by atoms with Crippen molar-refractivity contribution in [1.82, 2.24) is 0 Å². The normalized spacial score (nSPS) is 12.6. The van der Waals surface area contributed by atoms with Crippen molar-refractivity contribution < 1.29 is 4.79 Å². The van der Waals surface area contributed by atoms with Gasteiger partial charge in [-0.15, -0.1) is 24.2 Å². The standard InChI is InChI=1S/C10H10BrClOS/c1-6(13)10(12)7-2-3-9(14)8(4-7)5-11/h2-4,10,14H,5H2,1H3. The lowest BCUT2D eigenvalue weighted by Gasteiger charge is -2.08. The van der Waals surface area contributed by atoms with Gasteiger partial charge in [0.15, 0.2) is 5.78 Å². The third-order valence-electron chi connectivity index (χ3n) is 1.90. The molecule has 1 rings (SSSR count). The van der Waals surface area contributed by atoms with Crippen molar-refractivity contribution in [3.8, 4) is 0 Å². The second-order valence-electron chi connectivity index (χ2n) is 2.99. The molecular weight excluding hydrogens is 284 g/mol. The zero-order valence-electron chi connectivity index (χ0n) is 7.63. The van der Waals surface area contributed by atoms with Gasteiger partial charge in [-0.3, -0.25) is 4.79 Å². The number of hydrogen-bond donors (Lipinski definition) is 1. The highest BCUT2D eigenvalue weighted by atomic mass is 79.9. The first-order chi connectivity index (χ1) is 6.56. The molecule has 0 fully saturated rings. The molecule has 0 aliphatic rings. The number of carbonyl (C=O) groups excluding carboxylic acids is 1. The van der Waals surface area contributed by atoms with E-state index in [1.54, 1.807) is 0 Å². The third-order valence-corrected chi connectivity index (χ3v) is 3.50. The van der Waals surface area contributed by atoms with E-state index < -0.39 is 5.38 Å². The van der Waals surface area contributed by atoms with E-state index >= 15 is 0 Å². The average Bonchev–Trinajstić information content (AvgIpc) is 2.17. The molecule has 0 heterocycles. The fourth-order valence-electron chi connectivity index (χ4n) is 1.10. The first-order valence-electron chi connectivity index (χ1n) is 4.08. The Morgan fingerprint density at radius 1 is 1.64 bits per heavy atom. The molecule has 0 saturated heterocycles. The van der Waals surface area contributed by atoms with E-state index in [1.807, 2.05) is 18.2 Å². The topological polar surface area (TPSA) is 17.1 Å². The highest BCUT2D eigenvalue weighted by Crippen LogP contribution is 2.26. The number of hydrogen-bond acceptors (Lipinski definition) is 2. The van der Waals surface area contributed by atoms with Crippen LogP contribution in [0.3, 0.4) is 0 Å². The fraction of sp³-hybridized carbons (Fsp3) is 0.300. The maximum atomic E-state index is 11.1. The van der Waals surface area contributed by atoms with Crippen LogP contribution in [0.4, 0.5) is 0 Å². The van der Waals surface area contributed by atoms with Gasteiger partial charge in [0.2, 0.25) is 0 Å². The molecule has 0 N–H and O–H groups in total. The number of halogens is 2. The van der Waals surface area contributed by atoms with Gasteiger partial charge in [-0.2, -0.15) is 0 Å². The fourth-order valence-corrected chi connectivity index (χ4v) is 2.14. The Morgan fingerprint density at radius 2 is 2.29 bits per heavy atom. The molecule has 1 aromatic carbocycles. The van der Waals surface area contributed by atoms with Gasteiger partial charge >= 0.3 is 0 Å². The summed E-state index contributed by atoms with van der Waals surface area (Å²) in [4.78, 5) is 12.0. The number of carbonyl (C=O) groups is 1. The molecule has 0 aromatic heterocycles. The van der Waals surface area contributed by atoms with Crippen LogP contribution in [0.1, 0.15) is 23.4 Å². The lowest BCUT2D eigenvalue weighted by atomic mass is 10.1. The van der Waals surface area contributed by atoms with Crippen LogP contribution in [0.15, 0.2) is 23.1 Å². The Kier molecular flexibility index (Phi) is 4.48. The first kappa shape index (κ1) is 12.1. The number of alkyl halides is 2. The van der Waals surface area contributed by atoms with E-state index in [-0.39, 0.29) is 5.78 Å². The number of thiol groups is 1. The molecular formula is C10H10BrClOS. The number of rotatable bonds is 3. The molecule has 0 bridgehead atoms. The van der Waals surface area contributed by atoms with E-state index in [1.165, 1.54) is 6.92 Å². The molecule has 0 saturated carbocycles. The van der Waals surface area contributed by atoms with E-state index in [0.717, 1.165) is 16.0 Å². The van der Waals surface area contributed by atoms with Crippen molar-refractivity contribution in [1.29, 1.82) is 0 Å². The van der Waals surface area contributed by atoms with Crippen LogP contribution in [0.5, 0.6) is 0 Å². The highest BCUT2D eigenvalue weighted by molar-refractivity contribution is 9.08. The summed E-state index contributed by atoms with van der Waals surface area (Å²) in [6.45, 7) is 1.49. The van der Waals surface area contributed by atoms with Crippen molar-refractivity contribution in [2.45, 2.75) is 22.5 Å². The molecule has 1 atom stereocenters. The lowest BCUT2D eigenvalue weighted by Crippen LogP contribution is -2.02. The molecule has 0 amide bonds. The monoisotopic (exact) mass is 292 g/mol. The molecule has 76 valence electrons.